The van der Waals surface area contributed by atoms with Gasteiger partial charge in [-0.3, -0.25) is 9.69 Å². The fourth-order valence-electron chi connectivity index (χ4n) is 3.14. The van der Waals surface area contributed by atoms with Crippen LogP contribution in [0.3, 0.4) is 0 Å². The van der Waals surface area contributed by atoms with Crippen LogP contribution in [0.1, 0.15) is 12.0 Å². The Hall–Kier alpha value is -0.890. The minimum Gasteiger partial charge on any atom is -0.392 e. The van der Waals surface area contributed by atoms with Gasteiger partial charge in [-0.25, -0.2) is 0 Å². The number of nitrogens with one attached hydrogen (secondary N) is 2. The second-order valence-corrected chi connectivity index (χ2v) is 6.31. The third-order valence-electron chi connectivity index (χ3n) is 4.40. The van der Waals surface area contributed by atoms with Crippen molar-refractivity contribution < 1.29 is 14.6 Å². The van der Waals surface area contributed by atoms with Gasteiger partial charge in [0, 0.05) is 32.7 Å². The Morgan fingerprint density at radius 2 is 2.08 bits per heavy atom. The standard InChI is InChI=1S/C17H25N3O3.2ClH/c21-14-8-16(18-9-14)17(22)19-10-15-12-20(6-7-23-15)11-13-4-2-1-3-5-13;;/h1-5,14-16,18,21H,6-12H2,(H,19,22);2*1H. The number of aliphatic hydroxyl groups excluding tert-OH is 1. The molecule has 1 aromatic rings. The van der Waals surface area contributed by atoms with Crippen LogP contribution in [-0.4, -0.2) is 66.9 Å². The second-order valence-electron chi connectivity index (χ2n) is 6.31. The summed E-state index contributed by atoms with van der Waals surface area (Å²) < 4.78 is 5.75. The van der Waals surface area contributed by atoms with Crippen molar-refractivity contribution in [3.05, 3.63) is 35.9 Å². The van der Waals surface area contributed by atoms with Crippen LogP contribution < -0.4 is 10.6 Å². The van der Waals surface area contributed by atoms with E-state index < -0.39 is 6.10 Å². The number of aliphatic hydroxyl groups is 1. The summed E-state index contributed by atoms with van der Waals surface area (Å²) in [6.07, 6.45) is 0.0816. The van der Waals surface area contributed by atoms with Crippen LogP contribution in [0.15, 0.2) is 30.3 Å². The molecular weight excluding hydrogens is 365 g/mol. The smallest absolute Gasteiger partial charge is 0.237 e. The summed E-state index contributed by atoms with van der Waals surface area (Å²) in [4.78, 5) is 14.4. The van der Waals surface area contributed by atoms with E-state index in [-0.39, 0.29) is 42.9 Å². The van der Waals surface area contributed by atoms with Gasteiger partial charge in [-0.1, -0.05) is 30.3 Å². The summed E-state index contributed by atoms with van der Waals surface area (Å²) >= 11 is 0. The molecule has 2 heterocycles. The molecule has 0 aliphatic carbocycles. The molecule has 0 spiro atoms. The Labute approximate surface area is 161 Å². The summed E-state index contributed by atoms with van der Waals surface area (Å²) in [6.45, 7) is 4.33. The molecular formula is C17H27Cl2N3O3. The zero-order valence-corrected chi connectivity index (χ0v) is 15.7. The average Bonchev–Trinajstić information content (AvgIpc) is 3.01. The first kappa shape index (κ1) is 22.2. The van der Waals surface area contributed by atoms with Crippen molar-refractivity contribution in [2.75, 3.05) is 32.8 Å². The molecule has 3 atom stereocenters. The van der Waals surface area contributed by atoms with Crippen LogP contribution in [0.5, 0.6) is 0 Å². The summed E-state index contributed by atoms with van der Waals surface area (Å²) in [5.74, 6) is -0.0506. The molecule has 3 unspecified atom stereocenters. The van der Waals surface area contributed by atoms with Crippen molar-refractivity contribution in [1.29, 1.82) is 0 Å². The Bertz CT molecular complexity index is 521. The highest BCUT2D eigenvalue weighted by Gasteiger charge is 2.29. The van der Waals surface area contributed by atoms with Gasteiger partial charge in [-0.2, -0.15) is 0 Å². The summed E-state index contributed by atoms with van der Waals surface area (Å²) in [6, 6.07) is 10.1. The molecule has 1 aromatic carbocycles. The van der Waals surface area contributed by atoms with Crippen LogP contribution >= 0.6 is 24.8 Å². The van der Waals surface area contributed by atoms with Gasteiger partial charge < -0.3 is 20.5 Å². The van der Waals surface area contributed by atoms with Crippen LogP contribution in [0.4, 0.5) is 0 Å². The number of carbonyl (C=O) groups is 1. The third-order valence-corrected chi connectivity index (χ3v) is 4.40. The Kier molecular flexibility index (Phi) is 9.71. The quantitative estimate of drug-likeness (QED) is 0.684. The molecule has 6 nitrogen and oxygen atoms in total. The number of halogens is 2. The van der Waals surface area contributed by atoms with Crippen LogP contribution in [-0.2, 0) is 16.1 Å². The highest BCUT2D eigenvalue weighted by molar-refractivity contribution is 5.85. The molecule has 0 aromatic heterocycles. The molecule has 1 amide bonds. The number of carbonyl (C=O) groups excluding carboxylic acids is 1. The first-order valence-electron chi connectivity index (χ1n) is 8.28. The van der Waals surface area contributed by atoms with Crippen molar-refractivity contribution in [2.24, 2.45) is 0 Å². The lowest BCUT2D eigenvalue weighted by atomic mass is 10.1. The second kappa shape index (κ2) is 11.0. The lowest BCUT2D eigenvalue weighted by molar-refractivity contribution is -0.124. The monoisotopic (exact) mass is 391 g/mol. The first-order valence-corrected chi connectivity index (χ1v) is 8.28. The van der Waals surface area contributed by atoms with Gasteiger partial charge >= 0.3 is 0 Å². The Balaban J connectivity index is 0.00000156. The minimum atomic E-state index is -0.418. The zero-order valence-electron chi connectivity index (χ0n) is 14.1. The third kappa shape index (κ3) is 6.73. The van der Waals surface area contributed by atoms with Gasteiger partial charge in [0.15, 0.2) is 0 Å². The lowest BCUT2D eigenvalue weighted by Gasteiger charge is -2.33. The van der Waals surface area contributed by atoms with Gasteiger partial charge in [0.05, 0.1) is 24.9 Å². The SMILES string of the molecule is Cl.Cl.O=C(NCC1CN(Cc2ccccc2)CCO1)C1CC(O)CN1. The van der Waals surface area contributed by atoms with Gasteiger partial charge in [-0.05, 0) is 12.0 Å². The lowest BCUT2D eigenvalue weighted by Crippen LogP contribution is -2.49. The molecule has 2 aliphatic rings. The predicted octanol–water partition coefficient (Wildman–Crippen LogP) is 0.570. The molecule has 0 radical (unpaired) electrons. The fraction of sp³-hybridized carbons (Fsp3) is 0.588. The normalized spacial score (nSPS) is 26.4. The summed E-state index contributed by atoms with van der Waals surface area (Å²) in [5, 5.41) is 15.4. The van der Waals surface area contributed by atoms with Crippen molar-refractivity contribution >= 4 is 30.7 Å². The number of amides is 1. The van der Waals surface area contributed by atoms with Gasteiger partial charge in [0.25, 0.3) is 0 Å². The number of morpholine rings is 1. The number of hydrogen-bond donors (Lipinski definition) is 3. The van der Waals surface area contributed by atoms with Gasteiger partial charge in [0.1, 0.15) is 0 Å². The van der Waals surface area contributed by atoms with Crippen LogP contribution in [0.25, 0.3) is 0 Å². The topological polar surface area (TPSA) is 73.8 Å². The number of β-amino-alcohol motifs (C(OH)–C–C–N with tert-alkyl or cyclic N) is 1. The minimum absolute atomic E-state index is 0. The van der Waals surface area contributed by atoms with E-state index in [0.29, 0.717) is 26.1 Å². The van der Waals surface area contributed by atoms with E-state index >= 15 is 0 Å². The highest BCUT2D eigenvalue weighted by Crippen LogP contribution is 2.11. The van der Waals surface area contributed by atoms with E-state index in [0.717, 1.165) is 19.6 Å². The van der Waals surface area contributed by atoms with Crippen molar-refractivity contribution in [3.63, 3.8) is 0 Å². The molecule has 25 heavy (non-hydrogen) atoms. The molecule has 0 bridgehead atoms. The maximum atomic E-state index is 12.1. The summed E-state index contributed by atoms with van der Waals surface area (Å²) in [5.41, 5.74) is 1.29. The predicted molar refractivity (Wildman–Crippen MR) is 101 cm³/mol. The van der Waals surface area contributed by atoms with E-state index in [1.54, 1.807) is 0 Å². The average molecular weight is 392 g/mol. The van der Waals surface area contributed by atoms with Crippen molar-refractivity contribution in [2.45, 2.75) is 31.2 Å². The fourth-order valence-corrected chi connectivity index (χ4v) is 3.14. The zero-order chi connectivity index (χ0) is 16.1. The van der Waals surface area contributed by atoms with E-state index in [9.17, 15) is 9.90 Å². The number of benzene rings is 1. The van der Waals surface area contributed by atoms with E-state index in [1.807, 2.05) is 6.07 Å². The maximum absolute atomic E-state index is 12.1. The molecule has 0 saturated carbocycles. The highest BCUT2D eigenvalue weighted by atomic mass is 35.5. The van der Waals surface area contributed by atoms with Crippen molar-refractivity contribution in [1.82, 2.24) is 15.5 Å². The molecule has 142 valence electrons. The van der Waals surface area contributed by atoms with Gasteiger partial charge in [-0.15, -0.1) is 24.8 Å². The number of hydrogen-bond acceptors (Lipinski definition) is 5. The summed E-state index contributed by atoms with van der Waals surface area (Å²) in [7, 11) is 0. The van der Waals surface area contributed by atoms with Crippen LogP contribution in [0.2, 0.25) is 0 Å². The molecule has 2 aliphatic heterocycles. The van der Waals surface area contributed by atoms with Crippen molar-refractivity contribution in [3.8, 4) is 0 Å². The Morgan fingerprint density at radius 1 is 1.32 bits per heavy atom. The molecule has 3 rings (SSSR count). The molecule has 8 heteroatoms. The van der Waals surface area contributed by atoms with Gasteiger partial charge in [0.2, 0.25) is 5.91 Å². The van der Waals surface area contributed by atoms with E-state index in [2.05, 4.69) is 39.8 Å². The number of rotatable bonds is 5. The van der Waals surface area contributed by atoms with Crippen LogP contribution in [0, 0.1) is 0 Å². The number of nitrogens with zero attached hydrogens (tertiary/aromatic N) is 1. The number of ether oxygens (including phenoxy) is 1. The largest absolute Gasteiger partial charge is 0.392 e. The molecule has 2 fully saturated rings. The molecule has 2 saturated heterocycles. The molecule has 3 N–H and O–H groups in total. The van der Waals surface area contributed by atoms with E-state index in [4.69, 9.17) is 4.74 Å². The Morgan fingerprint density at radius 3 is 2.76 bits per heavy atom. The maximum Gasteiger partial charge on any atom is 0.237 e. The first-order chi connectivity index (χ1) is 11.2. The van der Waals surface area contributed by atoms with E-state index in [1.165, 1.54) is 5.56 Å².